The smallest absolute Gasteiger partial charge is 0.142 e. The van der Waals surface area contributed by atoms with Crippen LogP contribution in [0.15, 0.2) is 12.2 Å². The van der Waals surface area contributed by atoms with E-state index in [0.717, 1.165) is 19.3 Å². The maximum absolute atomic E-state index is 11.2. The number of carbonyl (C=O) groups excluding carboxylic acids is 1. The van der Waals surface area contributed by atoms with E-state index >= 15 is 0 Å². The molecule has 1 nitrogen and oxygen atoms in total. The third kappa shape index (κ3) is 1.96. The summed E-state index contributed by atoms with van der Waals surface area (Å²) in [4.78, 5) is 11.2. The number of hydrogen-bond acceptors (Lipinski definition) is 1. The van der Waals surface area contributed by atoms with E-state index < -0.39 is 0 Å². The first kappa shape index (κ1) is 9.50. The number of unbranched alkanes of at least 4 members (excludes halogenated alkanes) is 2. The van der Waals surface area contributed by atoms with Gasteiger partial charge in [-0.1, -0.05) is 31.9 Å². The highest BCUT2D eigenvalue weighted by Gasteiger charge is 2.38. The van der Waals surface area contributed by atoms with Gasteiger partial charge >= 0.3 is 0 Å². The summed E-state index contributed by atoms with van der Waals surface area (Å²) < 4.78 is 0. The fourth-order valence-corrected chi connectivity index (χ4v) is 1.46. The van der Waals surface area contributed by atoms with Gasteiger partial charge in [-0.3, -0.25) is 4.79 Å². The molecule has 1 unspecified atom stereocenters. The van der Waals surface area contributed by atoms with Gasteiger partial charge in [0.2, 0.25) is 0 Å². The first-order valence-corrected chi connectivity index (χ1v) is 4.90. The van der Waals surface area contributed by atoms with Crippen LogP contribution in [0.25, 0.3) is 0 Å². The summed E-state index contributed by atoms with van der Waals surface area (Å²) in [5.74, 6) is 0.412. The zero-order valence-electron chi connectivity index (χ0n) is 8.10. The van der Waals surface area contributed by atoms with Crippen LogP contribution in [0.3, 0.4) is 0 Å². The van der Waals surface area contributed by atoms with Gasteiger partial charge in [0, 0.05) is 11.8 Å². The van der Waals surface area contributed by atoms with E-state index in [9.17, 15) is 4.79 Å². The molecule has 0 aromatic rings. The van der Waals surface area contributed by atoms with Gasteiger partial charge in [-0.05, 0) is 19.8 Å². The largest absolute Gasteiger partial charge is 0.299 e. The Bertz CT molecular complexity index is 193. The normalized spacial score (nSPS) is 29.3. The van der Waals surface area contributed by atoms with Crippen LogP contribution in [-0.2, 0) is 4.79 Å². The molecule has 0 aromatic heterocycles. The van der Waals surface area contributed by atoms with Gasteiger partial charge in [-0.25, -0.2) is 0 Å². The number of hydrogen-bond donors (Lipinski definition) is 0. The van der Waals surface area contributed by atoms with Crippen molar-refractivity contribution in [3.8, 4) is 0 Å². The molecule has 1 aliphatic carbocycles. The first-order valence-electron chi connectivity index (χ1n) is 4.90. The van der Waals surface area contributed by atoms with E-state index in [4.69, 9.17) is 0 Å². The molecule has 1 fully saturated rings. The summed E-state index contributed by atoms with van der Waals surface area (Å²) >= 11 is 0. The molecule has 0 aliphatic heterocycles. The van der Waals surface area contributed by atoms with Gasteiger partial charge in [0.05, 0.1) is 0 Å². The molecule has 0 bridgehead atoms. The number of allylic oxidation sites excluding steroid dienone is 2. The standard InChI is InChI=1S/C11H18O/c1-3-4-5-6-8-11(2)9-7-10(11)12/h6,8H,3-5,7,9H2,1-2H3. The Morgan fingerprint density at radius 2 is 2.33 bits per heavy atom. The predicted molar refractivity (Wildman–Crippen MR) is 51.0 cm³/mol. The lowest BCUT2D eigenvalue weighted by Crippen LogP contribution is -2.35. The van der Waals surface area contributed by atoms with Gasteiger partial charge in [0.25, 0.3) is 0 Å². The molecule has 68 valence electrons. The lowest BCUT2D eigenvalue weighted by molar-refractivity contribution is -0.133. The van der Waals surface area contributed by atoms with Crippen molar-refractivity contribution < 1.29 is 4.79 Å². The molecule has 12 heavy (non-hydrogen) atoms. The predicted octanol–water partition coefficient (Wildman–Crippen LogP) is 3.10. The first-order chi connectivity index (χ1) is 5.69. The minimum atomic E-state index is -0.0895. The zero-order chi connectivity index (χ0) is 9.03. The second-order valence-corrected chi connectivity index (χ2v) is 3.89. The lowest BCUT2D eigenvalue weighted by atomic mass is 9.69. The number of carbonyl (C=O) groups is 1. The Morgan fingerprint density at radius 3 is 2.75 bits per heavy atom. The second kappa shape index (κ2) is 3.88. The van der Waals surface area contributed by atoms with E-state index in [1.807, 2.05) is 6.92 Å². The third-order valence-corrected chi connectivity index (χ3v) is 2.72. The highest BCUT2D eigenvalue weighted by molar-refractivity contribution is 5.91. The van der Waals surface area contributed by atoms with Crippen LogP contribution < -0.4 is 0 Å². The van der Waals surface area contributed by atoms with Gasteiger partial charge in [0.15, 0.2) is 0 Å². The molecule has 1 aliphatic rings. The number of ketones is 1. The van der Waals surface area contributed by atoms with Crippen molar-refractivity contribution in [3.63, 3.8) is 0 Å². The quantitative estimate of drug-likeness (QED) is 0.463. The van der Waals surface area contributed by atoms with Crippen molar-refractivity contribution >= 4 is 5.78 Å². The Kier molecular flexibility index (Phi) is 3.07. The summed E-state index contributed by atoms with van der Waals surface area (Å²) in [6.45, 7) is 4.23. The molecular weight excluding hydrogens is 148 g/mol. The van der Waals surface area contributed by atoms with Crippen molar-refractivity contribution in [2.45, 2.75) is 46.0 Å². The molecule has 1 atom stereocenters. The minimum absolute atomic E-state index is 0.0895. The molecular formula is C11H18O. The van der Waals surface area contributed by atoms with Crippen molar-refractivity contribution in [1.29, 1.82) is 0 Å². The number of Topliss-reactive ketones (excluding diaryl/α,β-unsaturated/α-hetero) is 1. The number of rotatable bonds is 4. The average Bonchev–Trinajstić information content (AvgIpc) is 2.09. The van der Waals surface area contributed by atoms with Crippen molar-refractivity contribution in [3.05, 3.63) is 12.2 Å². The highest BCUT2D eigenvalue weighted by atomic mass is 16.1. The summed E-state index contributed by atoms with van der Waals surface area (Å²) in [6.07, 6.45) is 9.70. The zero-order valence-corrected chi connectivity index (χ0v) is 8.10. The maximum atomic E-state index is 11.2. The average molecular weight is 166 g/mol. The monoisotopic (exact) mass is 166 g/mol. The van der Waals surface area contributed by atoms with Gasteiger partial charge in [-0.2, -0.15) is 0 Å². The van der Waals surface area contributed by atoms with Gasteiger partial charge < -0.3 is 0 Å². The molecule has 0 N–H and O–H groups in total. The lowest BCUT2D eigenvalue weighted by Gasteiger charge is -2.33. The summed E-state index contributed by atoms with van der Waals surface area (Å²) in [5, 5.41) is 0. The van der Waals surface area contributed by atoms with Crippen LogP contribution >= 0.6 is 0 Å². The molecule has 1 heteroatoms. The third-order valence-electron chi connectivity index (χ3n) is 2.72. The van der Waals surface area contributed by atoms with Crippen LogP contribution in [0, 0.1) is 5.41 Å². The van der Waals surface area contributed by atoms with Crippen LogP contribution in [-0.4, -0.2) is 5.78 Å². The van der Waals surface area contributed by atoms with Crippen molar-refractivity contribution in [2.75, 3.05) is 0 Å². The Morgan fingerprint density at radius 1 is 1.58 bits per heavy atom. The fraction of sp³-hybridized carbons (Fsp3) is 0.727. The van der Waals surface area contributed by atoms with E-state index in [0.29, 0.717) is 5.78 Å². The Hall–Kier alpha value is -0.590. The molecule has 0 aromatic carbocycles. The summed E-state index contributed by atoms with van der Waals surface area (Å²) in [5.41, 5.74) is -0.0895. The van der Waals surface area contributed by atoms with Crippen LogP contribution in [0.4, 0.5) is 0 Å². The summed E-state index contributed by atoms with van der Waals surface area (Å²) in [7, 11) is 0. The van der Waals surface area contributed by atoms with Gasteiger partial charge in [0.1, 0.15) is 5.78 Å². The Balaban J connectivity index is 2.29. The van der Waals surface area contributed by atoms with E-state index in [-0.39, 0.29) is 5.41 Å². The van der Waals surface area contributed by atoms with E-state index in [1.54, 1.807) is 0 Å². The maximum Gasteiger partial charge on any atom is 0.142 e. The SMILES string of the molecule is CCCCC=CC1(C)CCC1=O. The van der Waals surface area contributed by atoms with Crippen molar-refractivity contribution in [1.82, 2.24) is 0 Å². The van der Waals surface area contributed by atoms with Crippen LogP contribution in [0.1, 0.15) is 46.0 Å². The second-order valence-electron chi connectivity index (χ2n) is 3.89. The molecule has 1 rings (SSSR count). The van der Waals surface area contributed by atoms with E-state index in [2.05, 4.69) is 19.1 Å². The molecule has 0 saturated heterocycles. The molecule has 0 amide bonds. The molecule has 1 saturated carbocycles. The van der Waals surface area contributed by atoms with Gasteiger partial charge in [-0.15, -0.1) is 0 Å². The molecule has 0 heterocycles. The molecule has 0 spiro atoms. The van der Waals surface area contributed by atoms with Crippen molar-refractivity contribution in [2.24, 2.45) is 5.41 Å². The minimum Gasteiger partial charge on any atom is -0.299 e. The molecule has 0 radical (unpaired) electrons. The van der Waals surface area contributed by atoms with Crippen LogP contribution in [0.2, 0.25) is 0 Å². The topological polar surface area (TPSA) is 17.1 Å². The Labute approximate surface area is 74.9 Å². The van der Waals surface area contributed by atoms with E-state index in [1.165, 1.54) is 12.8 Å². The van der Waals surface area contributed by atoms with Crippen LogP contribution in [0.5, 0.6) is 0 Å². The highest BCUT2D eigenvalue weighted by Crippen LogP contribution is 2.37. The summed E-state index contributed by atoms with van der Waals surface area (Å²) in [6, 6.07) is 0. The fourth-order valence-electron chi connectivity index (χ4n) is 1.46.